The number of aromatic nitrogens is 1. The summed E-state index contributed by atoms with van der Waals surface area (Å²) in [6, 6.07) is 9.21. The zero-order valence-corrected chi connectivity index (χ0v) is 14.9. The number of carbonyl (C=O) groups excluding carboxylic acids is 1. The maximum atomic E-state index is 12.2. The van der Waals surface area contributed by atoms with Crippen LogP contribution >= 0.6 is 0 Å². The van der Waals surface area contributed by atoms with Crippen LogP contribution in [0.5, 0.6) is 0 Å². The molecule has 2 aromatic rings. The largest absolute Gasteiger partial charge is 0.478 e. The molecule has 0 unspecified atom stereocenters. The summed E-state index contributed by atoms with van der Waals surface area (Å²) in [6.07, 6.45) is 0. The molecule has 0 aliphatic carbocycles. The van der Waals surface area contributed by atoms with Gasteiger partial charge in [-0.3, -0.25) is 10.7 Å². The molecule has 0 saturated carbocycles. The molecule has 0 radical (unpaired) electrons. The molecular formula is C18H23N5O4. The number of hydrogen-bond acceptors (Lipinski definition) is 7. The highest BCUT2D eigenvalue weighted by Crippen LogP contribution is 2.21. The number of nitrogen functional groups attached to an aromatic ring is 1. The van der Waals surface area contributed by atoms with Gasteiger partial charge < -0.3 is 26.0 Å². The Balaban J connectivity index is 2.15. The van der Waals surface area contributed by atoms with Crippen molar-refractivity contribution in [2.75, 3.05) is 24.3 Å². The number of nitrogens with two attached hydrogens (primary N) is 1. The second-order valence-electron chi connectivity index (χ2n) is 5.58. The fourth-order valence-corrected chi connectivity index (χ4v) is 2.51. The van der Waals surface area contributed by atoms with Crippen LogP contribution < -0.4 is 16.4 Å². The van der Waals surface area contributed by atoms with Crippen molar-refractivity contribution in [3.8, 4) is 0 Å². The van der Waals surface area contributed by atoms with Crippen LogP contribution in [0.3, 0.4) is 0 Å². The van der Waals surface area contributed by atoms with E-state index >= 15 is 0 Å². The van der Waals surface area contributed by atoms with Crippen LogP contribution in [-0.2, 0) is 11.3 Å². The van der Waals surface area contributed by atoms with Gasteiger partial charge in [0.2, 0.25) is 5.90 Å². The number of amides is 2. The third-order valence-corrected chi connectivity index (χ3v) is 3.72. The first kappa shape index (κ1) is 20.1. The number of urea groups is 1. The van der Waals surface area contributed by atoms with E-state index in [4.69, 9.17) is 15.9 Å². The van der Waals surface area contributed by atoms with E-state index in [1.807, 2.05) is 6.07 Å². The van der Waals surface area contributed by atoms with Crippen LogP contribution in [-0.4, -0.2) is 40.3 Å². The Kier molecular flexibility index (Phi) is 7.09. The molecule has 2 amide bonds. The molecule has 1 aromatic heterocycles. The number of nitrogens with zero attached hydrogens (tertiary/aromatic N) is 1. The van der Waals surface area contributed by atoms with Gasteiger partial charge in [-0.05, 0) is 12.5 Å². The number of nitrogens with one attached hydrogen (secondary N) is 3. The van der Waals surface area contributed by atoms with E-state index in [1.54, 1.807) is 31.2 Å². The normalized spacial score (nSPS) is 11.5. The van der Waals surface area contributed by atoms with Crippen LogP contribution in [0.25, 0.3) is 0 Å². The molecule has 2 rings (SSSR count). The Morgan fingerprint density at radius 1 is 1.33 bits per heavy atom. The molecule has 0 spiro atoms. The number of aliphatic hydroxyl groups is 2. The van der Waals surface area contributed by atoms with Crippen molar-refractivity contribution in [2.24, 2.45) is 0 Å². The van der Waals surface area contributed by atoms with Crippen LogP contribution in [0.1, 0.15) is 29.8 Å². The van der Waals surface area contributed by atoms with E-state index in [0.717, 1.165) is 5.56 Å². The molecule has 9 heteroatoms. The fourth-order valence-electron chi connectivity index (χ4n) is 2.51. The number of rotatable bonds is 7. The third kappa shape index (κ3) is 5.16. The summed E-state index contributed by atoms with van der Waals surface area (Å²) in [5, 5.41) is 32.0. The topological polar surface area (TPSA) is 154 Å². The first-order valence-electron chi connectivity index (χ1n) is 8.35. The second kappa shape index (κ2) is 9.51. The van der Waals surface area contributed by atoms with Gasteiger partial charge in [-0.25, -0.2) is 9.78 Å². The SMILES string of the molecule is CCOC(=N)c1c(N)cc(NC(=O)N[C@H](CO)c2ccccc2)nc1CO. The minimum absolute atomic E-state index is 0.104. The molecule has 0 aliphatic heterocycles. The Morgan fingerprint density at radius 2 is 2.04 bits per heavy atom. The highest BCUT2D eigenvalue weighted by atomic mass is 16.5. The molecule has 27 heavy (non-hydrogen) atoms. The maximum absolute atomic E-state index is 12.2. The molecule has 7 N–H and O–H groups in total. The van der Waals surface area contributed by atoms with E-state index in [-0.39, 0.29) is 41.9 Å². The van der Waals surface area contributed by atoms with Gasteiger partial charge >= 0.3 is 6.03 Å². The fraction of sp³-hybridized carbons (Fsp3) is 0.278. The van der Waals surface area contributed by atoms with Gasteiger partial charge in [0.25, 0.3) is 0 Å². The molecular weight excluding hydrogens is 350 g/mol. The summed E-state index contributed by atoms with van der Waals surface area (Å²) >= 11 is 0. The van der Waals surface area contributed by atoms with E-state index in [1.165, 1.54) is 6.07 Å². The van der Waals surface area contributed by atoms with Crippen molar-refractivity contribution >= 4 is 23.4 Å². The van der Waals surface area contributed by atoms with Crippen molar-refractivity contribution in [1.82, 2.24) is 10.3 Å². The molecule has 9 nitrogen and oxygen atoms in total. The van der Waals surface area contributed by atoms with Crippen molar-refractivity contribution in [2.45, 2.75) is 19.6 Å². The van der Waals surface area contributed by atoms with Crippen molar-refractivity contribution in [1.29, 1.82) is 5.41 Å². The number of ether oxygens (including phenoxy) is 1. The van der Waals surface area contributed by atoms with E-state index < -0.39 is 18.7 Å². The van der Waals surface area contributed by atoms with Crippen LogP contribution in [0.15, 0.2) is 36.4 Å². The highest BCUT2D eigenvalue weighted by Gasteiger charge is 2.18. The monoisotopic (exact) mass is 373 g/mol. The zero-order chi connectivity index (χ0) is 19.8. The number of pyridine rings is 1. The van der Waals surface area contributed by atoms with E-state index in [0.29, 0.717) is 0 Å². The summed E-state index contributed by atoms with van der Waals surface area (Å²) in [4.78, 5) is 16.4. The Bertz CT molecular complexity index is 798. The van der Waals surface area contributed by atoms with Crippen molar-refractivity contribution in [3.05, 3.63) is 53.2 Å². The van der Waals surface area contributed by atoms with Gasteiger partial charge in [-0.2, -0.15) is 0 Å². The molecule has 0 aliphatic rings. The summed E-state index contributed by atoms with van der Waals surface area (Å²) in [7, 11) is 0. The van der Waals surface area contributed by atoms with Crippen molar-refractivity contribution in [3.63, 3.8) is 0 Å². The summed E-state index contributed by atoms with van der Waals surface area (Å²) < 4.78 is 5.11. The predicted molar refractivity (Wildman–Crippen MR) is 101 cm³/mol. The number of carbonyl (C=O) groups is 1. The summed E-state index contributed by atoms with van der Waals surface area (Å²) in [6.45, 7) is 1.24. The third-order valence-electron chi connectivity index (χ3n) is 3.72. The number of hydrogen-bond donors (Lipinski definition) is 6. The van der Waals surface area contributed by atoms with Gasteiger partial charge in [0.1, 0.15) is 5.82 Å². The lowest BCUT2D eigenvalue weighted by molar-refractivity contribution is 0.225. The van der Waals surface area contributed by atoms with Gasteiger partial charge in [-0.1, -0.05) is 30.3 Å². The first-order chi connectivity index (χ1) is 13.0. The molecule has 1 atom stereocenters. The highest BCUT2D eigenvalue weighted by molar-refractivity contribution is 5.99. The minimum atomic E-state index is -0.596. The van der Waals surface area contributed by atoms with Crippen LogP contribution in [0, 0.1) is 5.41 Å². The number of benzene rings is 1. The number of aliphatic hydroxyl groups excluding tert-OH is 2. The van der Waals surface area contributed by atoms with Gasteiger partial charge in [0.05, 0.1) is 37.1 Å². The summed E-state index contributed by atoms with van der Waals surface area (Å²) in [5.74, 6) is -0.0983. The van der Waals surface area contributed by atoms with Crippen LogP contribution in [0.4, 0.5) is 16.3 Å². The lowest BCUT2D eigenvalue weighted by Crippen LogP contribution is -2.34. The quantitative estimate of drug-likeness (QED) is 0.318. The number of anilines is 2. The van der Waals surface area contributed by atoms with Crippen molar-refractivity contribution < 1.29 is 19.7 Å². The molecule has 144 valence electrons. The van der Waals surface area contributed by atoms with E-state index in [2.05, 4.69) is 15.6 Å². The average molecular weight is 373 g/mol. The summed E-state index contributed by atoms with van der Waals surface area (Å²) in [5.41, 5.74) is 7.13. The Hall–Kier alpha value is -3.17. The van der Waals surface area contributed by atoms with Crippen LogP contribution in [0.2, 0.25) is 0 Å². The second-order valence-corrected chi connectivity index (χ2v) is 5.58. The average Bonchev–Trinajstić information content (AvgIpc) is 2.66. The maximum Gasteiger partial charge on any atom is 0.320 e. The molecule has 1 heterocycles. The molecule has 0 bridgehead atoms. The Labute approximate surface area is 156 Å². The predicted octanol–water partition coefficient (Wildman–Crippen LogP) is 1.37. The Morgan fingerprint density at radius 3 is 2.63 bits per heavy atom. The van der Waals surface area contributed by atoms with Gasteiger partial charge in [-0.15, -0.1) is 0 Å². The zero-order valence-electron chi connectivity index (χ0n) is 14.9. The lowest BCUT2D eigenvalue weighted by Gasteiger charge is -2.18. The standard InChI is InChI=1S/C18H23N5O4/c1-2-27-17(20)16-12(19)8-15(21-14(16)10-25)23-18(26)22-13(9-24)11-6-4-3-5-7-11/h3-8,13,20,24-25H,2,9-10H2,1H3,(H4,19,21,22,23,26)/t13-/m1/s1. The smallest absolute Gasteiger partial charge is 0.320 e. The van der Waals surface area contributed by atoms with E-state index in [9.17, 15) is 15.0 Å². The molecule has 1 aromatic carbocycles. The minimum Gasteiger partial charge on any atom is -0.478 e. The lowest BCUT2D eigenvalue weighted by atomic mass is 10.1. The molecule has 0 fully saturated rings. The molecule has 0 saturated heterocycles. The van der Waals surface area contributed by atoms with Gasteiger partial charge in [0.15, 0.2) is 0 Å². The van der Waals surface area contributed by atoms with Gasteiger partial charge in [0, 0.05) is 11.8 Å². The first-order valence-corrected chi connectivity index (χ1v) is 8.35.